The Labute approximate surface area is 143 Å². The number of carbonyl (C=O) groups is 2. The van der Waals surface area contributed by atoms with Gasteiger partial charge >= 0.3 is 0 Å². The van der Waals surface area contributed by atoms with Crippen LogP contribution in [0.4, 0.5) is 0 Å². The summed E-state index contributed by atoms with van der Waals surface area (Å²) in [4.78, 5) is 33.3. The van der Waals surface area contributed by atoms with Crippen LogP contribution in [0.2, 0.25) is 0 Å². The molecule has 126 valence electrons. The van der Waals surface area contributed by atoms with Crippen LogP contribution in [-0.2, 0) is 11.3 Å². The maximum atomic E-state index is 12.7. The lowest BCUT2D eigenvalue weighted by atomic mass is 10.1. The third kappa shape index (κ3) is 2.50. The molecule has 0 radical (unpaired) electrons. The standard InChI is InChI=1S/C16H19N5O2S/c1-9-5-12(19-18-9)16(23)20-4-3-13-14(20)6-15(22)21(13)7-11-8-24-10(2)17-11/h5,8,13-14H,3-4,6-7H2,1-2H3,(H,18,19)/t13-,14-/m0/s1. The summed E-state index contributed by atoms with van der Waals surface area (Å²) in [6.45, 7) is 5.03. The Hall–Kier alpha value is -2.22. The normalized spacial score (nSPS) is 23.2. The zero-order chi connectivity index (χ0) is 16.8. The second-order valence-corrected chi connectivity index (χ2v) is 7.50. The Morgan fingerprint density at radius 2 is 2.25 bits per heavy atom. The van der Waals surface area contributed by atoms with Crippen LogP contribution in [0.25, 0.3) is 0 Å². The molecule has 7 nitrogen and oxygen atoms in total. The summed E-state index contributed by atoms with van der Waals surface area (Å²) >= 11 is 1.59. The van der Waals surface area contributed by atoms with E-state index in [1.54, 1.807) is 17.4 Å². The van der Waals surface area contributed by atoms with E-state index in [1.165, 1.54) is 0 Å². The molecule has 2 aromatic rings. The van der Waals surface area contributed by atoms with Crippen molar-refractivity contribution in [3.63, 3.8) is 0 Å². The molecule has 1 N–H and O–H groups in total. The summed E-state index contributed by atoms with van der Waals surface area (Å²) in [5, 5.41) is 9.87. The van der Waals surface area contributed by atoms with Gasteiger partial charge in [0.15, 0.2) is 0 Å². The van der Waals surface area contributed by atoms with Gasteiger partial charge in [-0.25, -0.2) is 4.98 Å². The van der Waals surface area contributed by atoms with E-state index in [1.807, 2.05) is 29.0 Å². The highest BCUT2D eigenvalue weighted by molar-refractivity contribution is 7.09. The summed E-state index contributed by atoms with van der Waals surface area (Å²) in [6, 6.07) is 1.78. The number of fused-ring (bicyclic) bond motifs is 1. The van der Waals surface area contributed by atoms with Crippen molar-refractivity contribution in [2.75, 3.05) is 6.54 Å². The lowest BCUT2D eigenvalue weighted by Gasteiger charge is -2.24. The first-order chi connectivity index (χ1) is 11.5. The molecule has 0 bridgehead atoms. The predicted octanol–water partition coefficient (Wildman–Crippen LogP) is 1.50. The van der Waals surface area contributed by atoms with E-state index in [-0.39, 0.29) is 23.9 Å². The molecule has 0 aromatic carbocycles. The third-order valence-corrected chi connectivity index (χ3v) is 5.62. The molecule has 4 heterocycles. The Bertz CT molecular complexity index is 798. The highest BCUT2D eigenvalue weighted by Gasteiger charge is 2.48. The molecule has 24 heavy (non-hydrogen) atoms. The predicted molar refractivity (Wildman–Crippen MR) is 88.6 cm³/mol. The Morgan fingerprint density at radius 3 is 2.92 bits per heavy atom. The summed E-state index contributed by atoms with van der Waals surface area (Å²) in [5.74, 6) is 0.0114. The number of H-pyrrole nitrogens is 1. The molecule has 2 fully saturated rings. The lowest BCUT2D eigenvalue weighted by molar-refractivity contribution is -0.129. The Kier molecular flexibility index (Phi) is 3.64. The van der Waals surface area contributed by atoms with Gasteiger partial charge in [-0.2, -0.15) is 5.10 Å². The number of hydrogen-bond acceptors (Lipinski definition) is 5. The van der Waals surface area contributed by atoms with Crippen molar-refractivity contribution >= 4 is 23.2 Å². The summed E-state index contributed by atoms with van der Waals surface area (Å²) in [6.07, 6.45) is 1.21. The number of thiazole rings is 1. The van der Waals surface area contributed by atoms with Crippen molar-refractivity contribution in [1.29, 1.82) is 0 Å². The highest BCUT2D eigenvalue weighted by atomic mass is 32.1. The lowest BCUT2D eigenvalue weighted by Crippen LogP contribution is -2.39. The van der Waals surface area contributed by atoms with Crippen molar-refractivity contribution in [2.45, 2.75) is 45.3 Å². The number of nitrogens with one attached hydrogen (secondary N) is 1. The maximum Gasteiger partial charge on any atom is 0.274 e. The van der Waals surface area contributed by atoms with E-state index in [9.17, 15) is 9.59 Å². The van der Waals surface area contributed by atoms with Crippen LogP contribution < -0.4 is 0 Å². The van der Waals surface area contributed by atoms with E-state index >= 15 is 0 Å². The topological polar surface area (TPSA) is 82.2 Å². The van der Waals surface area contributed by atoms with Crippen LogP contribution in [0.5, 0.6) is 0 Å². The van der Waals surface area contributed by atoms with Gasteiger partial charge in [0.25, 0.3) is 5.91 Å². The van der Waals surface area contributed by atoms with Gasteiger partial charge in [-0.05, 0) is 26.3 Å². The molecule has 0 saturated carbocycles. The fourth-order valence-corrected chi connectivity index (χ4v) is 4.32. The number of aromatic nitrogens is 3. The van der Waals surface area contributed by atoms with Crippen molar-refractivity contribution < 1.29 is 9.59 Å². The molecule has 2 amide bonds. The molecule has 0 spiro atoms. The van der Waals surface area contributed by atoms with Gasteiger partial charge in [0.1, 0.15) is 5.69 Å². The van der Waals surface area contributed by atoms with E-state index in [4.69, 9.17) is 0 Å². The van der Waals surface area contributed by atoms with Gasteiger partial charge in [-0.3, -0.25) is 14.7 Å². The molecular weight excluding hydrogens is 326 g/mol. The minimum absolute atomic E-state index is 0.0539. The molecular formula is C16H19N5O2S. The molecule has 2 saturated heterocycles. The quantitative estimate of drug-likeness (QED) is 0.914. The second kappa shape index (κ2) is 5.70. The number of rotatable bonds is 3. The molecule has 2 aliphatic heterocycles. The van der Waals surface area contributed by atoms with Crippen LogP contribution in [0.15, 0.2) is 11.4 Å². The smallest absolute Gasteiger partial charge is 0.274 e. The van der Waals surface area contributed by atoms with Crippen molar-refractivity contribution in [3.8, 4) is 0 Å². The Balaban J connectivity index is 1.51. The number of nitrogens with zero attached hydrogens (tertiary/aromatic N) is 4. The van der Waals surface area contributed by atoms with Crippen molar-refractivity contribution in [2.24, 2.45) is 0 Å². The summed E-state index contributed by atoms with van der Waals surface area (Å²) in [7, 11) is 0. The SMILES string of the molecule is Cc1cc(C(=O)N2CC[C@H]3[C@@H]2CC(=O)N3Cc2csc(C)n2)n[nH]1. The molecule has 2 aromatic heterocycles. The van der Waals surface area contributed by atoms with Gasteiger partial charge in [0.2, 0.25) is 5.91 Å². The summed E-state index contributed by atoms with van der Waals surface area (Å²) < 4.78 is 0. The largest absolute Gasteiger partial charge is 0.332 e. The van der Waals surface area contributed by atoms with Gasteiger partial charge in [-0.15, -0.1) is 11.3 Å². The first kappa shape index (κ1) is 15.3. The van der Waals surface area contributed by atoms with Crippen LogP contribution in [-0.4, -0.2) is 55.4 Å². The van der Waals surface area contributed by atoms with Gasteiger partial charge < -0.3 is 9.80 Å². The number of amides is 2. The zero-order valence-electron chi connectivity index (χ0n) is 13.7. The van der Waals surface area contributed by atoms with Gasteiger partial charge in [0, 0.05) is 24.0 Å². The summed E-state index contributed by atoms with van der Waals surface area (Å²) in [5.41, 5.74) is 2.21. The van der Waals surface area contributed by atoms with E-state index in [2.05, 4.69) is 15.2 Å². The number of hydrogen-bond donors (Lipinski definition) is 1. The number of carbonyl (C=O) groups excluding carboxylic acids is 2. The van der Waals surface area contributed by atoms with E-state index in [0.29, 0.717) is 25.2 Å². The van der Waals surface area contributed by atoms with Crippen LogP contribution in [0.1, 0.15) is 39.7 Å². The fourth-order valence-electron chi connectivity index (χ4n) is 3.72. The van der Waals surface area contributed by atoms with Crippen molar-refractivity contribution in [1.82, 2.24) is 25.0 Å². The molecule has 2 atom stereocenters. The van der Waals surface area contributed by atoms with Crippen molar-refractivity contribution in [3.05, 3.63) is 33.5 Å². The maximum absolute atomic E-state index is 12.7. The second-order valence-electron chi connectivity index (χ2n) is 6.44. The first-order valence-corrected chi connectivity index (χ1v) is 8.94. The number of aryl methyl sites for hydroxylation is 2. The molecule has 8 heteroatoms. The van der Waals surface area contributed by atoms with Crippen LogP contribution in [0, 0.1) is 13.8 Å². The minimum Gasteiger partial charge on any atom is -0.332 e. The zero-order valence-corrected chi connectivity index (χ0v) is 14.5. The highest BCUT2D eigenvalue weighted by Crippen LogP contribution is 2.34. The van der Waals surface area contributed by atoms with E-state index in [0.717, 1.165) is 22.8 Å². The van der Waals surface area contributed by atoms with Gasteiger partial charge in [0.05, 0.1) is 29.3 Å². The fraction of sp³-hybridized carbons (Fsp3) is 0.500. The average Bonchev–Trinajstić information content (AvgIpc) is 3.28. The Morgan fingerprint density at radius 1 is 1.42 bits per heavy atom. The van der Waals surface area contributed by atoms with Crippen LogP contribution in [0.3, 0.4) is 0 Å². The van der Waals surface area contributed by atoms with Crippen LogP contribution >= 0.6 is 11.3 Å². The minimum atomic E-state index is -0.0917. The number of aromatic amines is 1. The monoisotopic (exact) mass is 345 g/mol. The molecule has 0 aliphatic carbocycles. The molecule has 4 rings (SSSR count). The van der Waals surface area contributed by atoms with E-state index < -0.39 is 0 Å². The molecule has 0 unspecified atom stereocenters. The third-order valence-electron chi connectivity index (χ3n) is 4.80. The first-order valence-electron chi connectivity index (χ1n) is 8.06. The van der Waals surface area contributed by atoms with Gasteiger partial charge in [-0.1, -0.05) is 0 Å². The number of likely N-dealkylation sites (tertiary alicyclic amines) is 2. The molecule has 2 aliphatic rings. The average molecular weight is 345 g/mol.